The third-order valence-electron chi connectivity index (χ3n) is 4.38. The molecule has 190 valence electrons. The number of nitrogens with zero attached hydrogens (tertiary/aromatic N) is 4. The van der Waals surface area contributed by atoms with Gasteiger partial charge in [-0.05, 0) is 0 Å². The molecular weight excluding hydrogens is 550 g/mol. The lowest BCUT2D eigenvalue weighted by atomic mass is 10.2. The van der Waals surface area contributed by atoms with Crippen molar-refractivity contribution in [3.63, 3.8) is 0 Å². The van der Waals surface area contributed by atoms with Crippen molar-refractivity contribution in [1.82, 2.24) is 19.5 Å². The van der Waals surface area contributed by atoms with Crippen molar-refractivity contribution in [1.29, 1.82) is 0 Å². The van der Waals surface area contributed by atoms with E-state index in [2.05, 4.69) is 37.7 Å². The summed E-state index contributed by atoms with van der Waals surface area (Å²) in [4.78, 5) is 50.8. The second kappa shape index (κ2) is 9.07. The Kier molecular flexibility index (Phi) is 6.92. The van der Waals surface area contributed by atoms with E-state index in [4.69, 9.17) is 9.26 Å². The molecule has 34 heavy (non-hydrogen) atoms. The number of nitrogens with one attached hydrogen (secondary N) is 1. The number of hydrogen-bond acceptors (Lipinski definition) is 14. The van der Waals surface area contributed by atoms with Gasteiger partial charge in [-0.2, -0.15) is 12.9 Å². The fourth-order valence-electron chi connectivity index (χ4n) is 3.18. The molecule has 19 nitrogen and oxygen atoms in total. The summed E-state index contributed by atoms with van der Waals surface area (Å²) in [6, 6.07) is 0. The fourth-order valence-corrected chi connectivity index (χ4v) is 8.33. The van der Waals surface area contributed by atoms with Crippen molar-refractivity contribution in [2.75, 3.05) is 19.0 Å². The lowest BCUT2D eigenvalue weighted by Gasteiger charge is -2.25. The summed E-state index contributed by atoms with van der Waals surface area (Å²) in [7, 11) is -20.8. The molecule has 0 aromatic carbocycles. The van der Waals surface area contributed by atoms with Crippen LogP contribution in [0.5, 0.6) is 0 Å². The zero-order valence-corrected chi connectivity index (χ0v) is 20.3. The van der Waals surface area contributed by atoms with Crippen molar-refractivity contribution in [3.8, 4) is 0 Å². The van der Waals surface area contributed by atoms with Crippen LogP contribution in [0.3, 0.4) is 0 Å². The lowest BCUT2D eigenvalue weighted by molar-refractivity contribution is -0.0421. The predicted molar refractivity (Wildman–Crippen MR) is 107 cm³/mol. The Morgan fingerprint density at radius 2 is 1.59 bits per heavy atom. The van der Waals surface area contributed by atoms with Gasteiger partial charge in [0.15, 0.2) is 11.5 Å². The molecular formula is C11H17N5O14P4. The maximum absolute atomic E-state index is 12.3. The van der Waals surface area contributed by atoms with Crippen LogP contribution in [0.15, 0.2) is 12.7 Å². The Balaban J connectivity index is 1.66. The van der Waals surface area contributed by atoms with E-state index in [1.54, 1.807) is 7.05 Å². The van der Waals surface area contributed by atoms with Gasteiger partial charge in [-0.3, -0.25) is 13.6 Å². The molecule has 0 amide bonds. The maximum atomic E-state index is 12.3. The fraction of sp³-hybridized carbons (Fsp3) is 0.545. The van der Waals surface area contributed by atoms with Gasteiger partial charge < -0.3 is 29.6 Å². The molecule has 0 radical (unpaired) electrons. The zero-order chi connectivity index (χ0) is 24.9. The number of anilines is 1. The van der Waals surface area contributed by atoms with Crippen molar-refractivity contribution in [3.05, 3.63) is 12.7 Å². The van der Waals surface area contributed by atoms with Gasteiger partial charge in [-0.1, -0.05) is 0 Å². The molecule has 23 heteroatoms. The Labute approximate surface area is 189 Å². The lowest BCUT2D eigenvalue weighted by Crippen LogP contribution is -2.28. The van der Waals surface area contributed by atoms with E-state index in [-0.39, 0.29) is 12.1 Å². The Morgan fingerprint density at radius 3 is 2.26 bits per heavy atom. The van der Waals surface area contributed by atoms with Gasteiger partial charge in [0, 0.05) is 13.5 Å². The Bertz CT molecular complexity index is 1290. The van der Waals surface area contributed by atoms with E-state index >= 15 is 0 Å². The molecule has 0 saturated carbocycles. The Morgan fingerprint density at radius 1 is 0.941 bits per heavy atom. The van der Waals surface area contributed by atoms with Gasteiger partial charge in [0.05, 0.1) is 12.9 Å². The largest absolute Gasteiger partial charge is 0.490 e. The summed E-state index contributed by atoms with van der Waals surface area (Å²) in [5.74, 6) is 0.395. The third-order valence-corrected chi connectivity index (χ3v) is 10.3. The Hall–Kier alpha value is -1.13. The van der Waals surface area contributed by atoms with Gasteiger partial charge in [-0.15, -0.1) is 0 Å². The molecule has 0 spiro atoms. The van der Waals surface area contributed by atoms with Gasteiger partial charge >= 0.3 is 31.3 Å². The molecule has 0 aliphatic carbocycles. The van der Waals surface area contributed by atoms with E-state index in [0.717, 1.165) is 0 Å². The zero-order valence-electron chi connectivity index (χ0n) is 16.8. The minimum atomic E-state index is -5.82. The quantitative estimate of drug-likeness (QED) is 0.317. The first-order chi connectivity index (χ1) is 15.7. The van der Waals surface area contributed by atoms with E-state index in [1.165, 1.54) is 17.2 Å². The van der Waals surface area contributed by atoms with Crippen LogP contribution in [-0.4, -0.2) is 65.0 Å². The average Bonchev–Trinajstić information content (AvgIpc) is 3.26. The molecule has 2 aromatic heterocycles. The van der Waals surface area contributed by atoms with Crippen LogP contribution in [0, 0.1) is 0 Å². The van der Waals surface area contributed by atoms with Crippen molar-refractivity contribution >= 4 is 48.3 Å². The molecule has 2 aliphatic heterocycles. The number of phosphoric ester groups is 2. The minimum Gasteiger partial charge on any atom is -0.371 e. The maximum Gasteiger partial charge on any atom is 0.490 e. The van der Waals surface area contributed by atoms with Crippen LogP contribution in [0.1, 0.15) is 12.6 Å². The van der Waals surface area contributed by atoms with Crippen LogP contribution in [-0.2, 0) is 45.0 Å². The molecule has 2 saturated heterocycles. The third kappa shape index (κ3) is 5.81. The standard InChI is InChI=1S/C11H17N5O14P4/c1-12-10-9-11(14-4-13-10)16(5-15-9)8-2-6-7(26-8)3-25-31(17,18)28-33(21,22)30-34(23,24)29-32(19,20)27-6/h4-8H,2-3H2,1H3,(H,17,18)(H,19,20)(H,21,22)(H,23,24)(H,12,13,14)/t6-,7+,8+/m0/s1. The molecule has 4 rings (SSSR count). The number of hydrogen-bond donors (Lipinski definition) is 5. The van der Waals surface area contributed by atoms with E-state index in [1.807, 2.05) is 0 Å². The van der Waals surface area contributed by atoms with Crippen LogP contribution >= 0.6 is 31.3 Å². The van der Waals surface area contributed by atoms with Gasteiger partial charge in [0.1, 0.15) is 30.3 Å². The second-order valence-electron chi connectivity index (χ2n) is 6.72. The molecule has 4 heterocycles. The van der Waals surface area contributed by atoms with Crippen molar-refractivity contribution in [2.24, 2.45) is 0 Å². The number of rotatable bonds is 2. The summed E-state index contributed by atoms with van der Waals surface area (Å²) in [6.45, 7) is -0.852. The minimum absolute atomic E-state index is 0.224. The number of aromatic nitrogens is 4. The molecule has 2 aliphatic rings. The van der Waals surface area contributed by atoms with Crippen LogP contribution in [0.4, 0.5) is 5.82 Å². The summed E-state index contributed by atoms with van der Waals surface area (Å²) in [5.41, 5.74) is 0.648. The summed E-state index contributed by atoms with van der Waals surface area (Å²) in [5, 5.41) is 2.82. The highest BCUT2D eigenvalue weighted by molar-refractivity contribution is 7.69. The first-order valence-corrected chi connectivity index (χ1v) is 15.0. The van der Waals surface area contributed by atoms with Gasteiger partial charge in [0.25, 0.3) is 0 Å². The summed E-state index contributed by atoms with van der Waals surface area (Å²) in [6.07, 6.45) is -1.45. The second-order valence-corrected chi connectivity index (χ2v) is 12.9. The van der Waals surface area contributed by atoms with Gasteiger partial charge in [0.2, 0.25) is 0 Å². The number of imidazole rings is 1. The van der Waals surface area contributed by atoms with Crippen molar-refractivity contribution < 1.29 is 64.6 Å². The van der Waals surface area contributed by atoms with E-state index in [9.17, 15) is 37.8 Å². The number of phosphoric acid groups is 4. The van der Waals surface area contributed by atoms with E-state index in [0.29, 0.717) is 11.3 Å². The molecule has 2 fully saturated rings. The van der Waals surface area contributed by atoms with Crippen molar-refractivity contribution in [2.45, 2.75) is 24.9 Å². The SMILES string of the molecule is CNc1ncnc2c1ncn2[C@H]1C[C@@H]2OP(=O)(O)OP(=O)(O)OP(=O)(O)OP(=O)(O)OC[C@H]2O1. The monoisotopic (exact) mass is 567 g/mol. The predicted octanol–water partition coefficient (Wildman–Crippen LogP) is 1.02. The van der Waals surface area contributed by atoms with Crippen LogP contribution in [0.25, 0.3) is 11.2 Å². The smallest absolute Gasteiger partial charge is 0.371 e. The summed E-state index contributed by atoms with van der Waals surface area (Å²) >= 11 is 0. The average molecular weight is 567 g/mol. The van der Waals surface area contributed by atoms with Gasteiger partial charge in [-0.25, -0.2) is 33.2 Å². The highest BCUT2D eigenvalue weighted by Crippen LogP contribution is 2.72. The van der Waals surface area contributed by atoms with Crippen LogP contribution in [0.2, 0.25) is 0 Å². The van der Waals surface area contributed by atoms with Crippen LogP contribution < -0.4 is 5.32 Å². The first-order valence-electron chi connectivity index (χ1n) is 8.98. The van der Waals surface area contributed by atoms with E-state index < -0.39 is 56.3 Å². The number of ether oxygens (including phenoxy) is 1. The highest BCUT2D eigenvalue weighted by Gasteiger charge is 2.50. The normalized spacial score (nSPS) is 42.0. The molecule has 4 unspecified atom stereocenters. The molecule has 5 N–H and O–H groups in total. The summed E-state index contributed by atoms with van der Waals surface area (Å²) < 4.78 is 76.1. The first kappa shape index (κ1) is 25.9. The number of fused-ring (bicyclic) bond motifs is 2. The molecule has 7 atom stereocenters. The molecule has 2 aromatic rings. The topological polar surface area (TPSA) is 260 Å². The highest BCUT2D eigenvalue weighted by atomic mass is 31.3. The molecule has 0 bridgehead atoms.